The number of fused-ring (bicyclic) bond motifs is 2. The highest BCUT2D eigenvalue weighted by molar-refractivity contribution is 5.31. The molecule has 1 aromatic carbocycles. The molecule has 2 atom stereocenters. The fourth-order valence-electron chi connectivity index (χ4n) is 5.29. The van der Waals surface area contributed by atoms with E-state index in [-0.39, 0.29) is 35.8 Å². The second-order valence-electron chi connectivity index (χ2n) is 9.15. The Balaban J connectivity index is 1.33. The molecule has 2 saturated heterocycles. The molecule has 2 aliphatic heterocycles. The summed E-state index contributed by atoms with van der Waals surface area (Å²) >= 11 is 0. The Hall–Kier alpha value is -2.25. The molecular formula is C23H28FN3O3. The second-order valence-corrected chi connectivity index (χ2v) is 9.15. The van der Waals surface area contributed by atoms with Crippen LogP contribution in [-0.4, -0.2) is 44.6 Å². The van der Waals surface area contributed by atoms with E-state index in [4.69, 9.17) is 4.74 Å². The van der Waals surface area contributed by atoms with E-state index in [1.165, 1.54) is 11.8 Å². The molecule has 30 heavy (non-hydrogen) atoms. The lowest BCUT2D eigenvalue weighted by Crippen LogP contribution is -2.53. The zero-order valence-corrected chi connectivity index (χ0v) is 17.3. The number of rotatable bonds is 6. The first-order chi connectivity index (χ1) is 14.5. The molecule has 2 aromatic rings. The van der Waals surface area contributed by atoms with Crippen molar-refractivity contribution in [2.75, 3.05) is 7.11 Å². The van der Waals surface area contributed by atoms with Crippen LogP contribution in [0.4, 0.5) is 4.39 Å². The van der Waals surface area contributed by atoms with Crippen molar-refractivity contribution >= 4 is 0 Å². The van der Waals surface area contributed by atoms with Crippen LogP contribution in [0.25, 0.3) is 0 Å². The number of hydrogen-bond acceptors (Lipinski definition) is 5. The highest BCUT2D eigenvalue weighted by atomic mass is 19.1. The molecule has 3 aliphatic rings. The fraction of sp³-hybridized carbons (Fsp3) is 0.565. The molecule has 1 aromatic heterocycles. The maximum absolute atomic E-state index is 14.6. The van der Waals surface area contributed by atoms with E-state index < -0.39 is 5.60 Å². The summed E-state index contributed by atoms with van der Waals surface area (Å²) in [5, 5.41) is 15.9. The van der Waals surface area contributed by atoms with Gasteiger partial charge in [-0.25, -0.2) is 9.07 Å². The van der Waals surface area contributed by atoms with Crippen molar-refractivity contribution in [1.29, 1.82) is 0 Å². The van der Waals surface area contributed by atoms with Gasteiger partial charge in [-0.05, 0) is 50.7 Å². The number of ether oxygens (including phenoxy) is 1. The Bertz CT molecular complexity index is 989. The number of piperidine rings is 1. The third-order valence-corrected chi connectivity index (χ3v) is 6.95. The third-order valence-electron chi connectivity index (χ3n) is 6.95. The lowest BCUT2D eigenvalue weighted by molar-refractivity contribution is -0.0680. The molecule has 1 N–H and O–H groups in total. The van der Waals surface area contributed by atoms with E-state index in [1.54, 1.807) is 18.2 Å². The van der Waals surface area contributed by atoms with Crippen LogP contribution in [0.2, 0.25) is 0 Å². The van der Waals surface area contributed by atoms with Crippen LogP contribution in [0.1, 0.15) is 55.7 Å². The van der Waals surface area contributed by atoms with E-state index in [1.807, 2.05) is 12.1 Å². The topological polar surface area (TPSA) is 67.6 Å². The SMILES string of the molecule is COc1cccc(CN2C3CCC2CC(O)(Cn2nc(C4CC4)ccc2=O)C3)c1F. The van der Waals surface area contributed by atoms with Gasteiger partial charge in [-0.2, -0.15) is 5.10 Å². The highest BCUT2D eigenvalue weighted by Crippen LogP contribution is 2.43. The Morgan fingerprint density at radius 2 is 1.90 bits per heavy atom. The van der Waals surface area contributed by atoms with Crippen LogP contribution >= 0.6 is 0 Å². The van der Waals surface area contributed by atoms with Gasteiger partial charge in [-0.15, -0.1) is 0 Å². The summed E-state index contributed by atoms with van der Waals surface area (Å²) in [7, 11) is 1.47. The monoisotopic (exact) mass is 413 g/mol. The average molecular weight is 413 g/mol. The van der Waals surface area contributed by atoms with E-state index in [0.29, 0.717) is 30.9 Å². The molecule has 1 aliphatic carbocycles. The number of aliphatic hydroxyl groups is 1. The first-order valence-corrected chi connectivity index (χ1v) is 10.8. The maximum atomic E-state index is 14.6. The number of benzene rings is 1. The first-order valence-electron chi connectivity index (χ1n) is 10.8. The molecule has 0 radical (unpaired) electrons. The van der Waals surface area contributed by atoms with E-state index >= 15 is 0 Å². The summed E-state index contributed by atoms with van der Waals surface area (Å²) in [6.07, 6.45) is 5.32. The molecule has 7 heteroatoms. The number of halogens is 1. The van der Waals surface area contributed by atoms with Gasteiger partial charge in [0.15, 0.2) is 11.6 Å². The largest absolute Gasteiger partial charge is 0.494 e. The molecule has 3 fully saturated rings. The normalized spacial score (nSPS) is 28.6. The molecule has 0 spiro atoms. The smallest absolute Gasteiger partial charge is 0.266 e. The molecule has 2 unspecified atom stereocenters. The quantitative estimate of drug-likeness (QED) is 0.789. The van der Waals surface area contributed by atoms with Gasteiger partial charge in [0.25, 0.3) is 5.56 Å². The van der Waals surface area contributed by atoms with Crippen LogP contribution in [-0.2, 0) is 13.1 Å². The predicted octanol–water partition coefficient (Wildman–Crippen LogP) is 2.83. The van der Waals surface area contributed by atoms with Crippen molar-refractivity contribution < 1.29 is 14.2 Å². The van der Waals surface area contributed by atoms with Gasteiger partial charge in [0.1, 0.15) is 0 Å². The van der Waals surface area contributed by atoms with E-state index in [0.717, 1.165) is 31.4 Å². The summed E-state index contributed by atoms with van der Waals surface area (Å²) in [6.45, 7) is 0.727. The standard InChI is InChI=1S/C23H28FN3O3/c1-30-20-4-2-3-16(22(20)24)13-26-17-7-8-18(26)12-23(29,11-17)14-27-21(28)10-9-19(25-27)15-5-6-15/h2-4,9-10,15,17-18,29H,5-8,11-14H2,1H3. The minimum atomic E-state index is -0.964. The Morgan fingerprint density at radius 3 is 2.57 bits per heavy atom. The van der Waals surface area contributed by atoms with Gasteiger partial charge < -0.3 is 9.84 Å². The zero-order chi connectivity index (χ0) is 20.9. The van der Waals surface area contributed by atoms with Crippen molar-refractivity contribution in [3.8, 4) is 5.75 Å². The highest BCUT2D eigenvalue weighted by Gasteiger charge is 2.48. The van der Waals surface area contributed by atoms with E-state index in [9.17, 15) is 14.3 Å². The first kappa shape index (κ1) is 19.7. The molecule has 5 rings (SSSR count). The molecule has 160 valence electrons. The van der Waals surface area contributed by atoms with Crippen molar-refractivity contribution in [2.24, 2.45) is 0 Å². The summed E-state index contributed by atoms with van der Waals surface area (Å²) < 4.78 is 21.2. The summed E-state index contributed by atoms with van der Waals surface area (Å²) in [5.41, 5.74) is 0.439. The Labute approximate surface area is 175 Å². The van der Waals surface area contributed by atoms with Gasteiger partial charge in [0, 0.05) is 36.2 Å². The third kappa shape index (κ3) is 3.65. The van der Waals surface area contributed by atoms with Gasteiger partial charge in [0.2, 0.25) is 0 Å². The van der Waals surface area contributed by atoms with Crippen molar-refractivity contribution in [3.05, 3.63) is 57.8 Å². The Kier molecular flexibility index (Phi) is 4.90. The number of aromatic nitrogens is 2. The summed E-state index contributed by atoms with van der Waals surface area (Å²) in [4.78, 5) is 14.6. The van der Waals surface area contributed by atoms with Crippen LogP contribution < -0.4 is 10.3 Å². The van der Waals surface area contributed by atoms with Crippen molar-refractivity contribution in [2.45, 2.75) is 75.2 Å². The van der Waals surface area contributed by atoms with E-state index in [2.05, 4.69) is 10.00 Å². The maximum Gasteiger partial charge on any atom is 0.266 e. The lowest BCUT2D eigenvalue weighted by atomic mass is 9.85. The van der Waals surface area contributed by atoms with Crippen molar-refractivity contribution in [3.63, 3.8) is 0 Å². The second kappa shape index (κ2) is 7.46. The minimum Gasteiger partial charge on any atom is -0.494 e. The number of methoxy groups -OCH3 is 1. The molecule has 3 heterocycles. The molecule has 6 nitrogen and oxygen atoms in total. The van der Waals surface area contributed by atoms with Gasteiger partial charge >= 0.3 is 0 Å². The summed E-state index contributed by atoms with van der Waals surface area (Å²) in [5.74, 6) is 0.407. The Morgan fingerprint density at radius 1 is 1.17 bits per heavy atom. The zero-order valence-electron chi connectivity index (χ0n) is 17.3. The minimum absolute atomic E-state index is 0.166. The number of hydrogen-bond donors (Lipinski definition) is 1. The predicted molar refractivity (Wildman–Crippen MR) is 110 cm³/mol. The van der Waals surface area contributed by atoms with Gasteiger partial charge in [-0.1, -0.05) is 12.1 Å². The molecule has 1 saturated carbocycles. The van der Waals surface area contributed by atoms with Crippen LogP contribution in [0, 0.1) is 5.82 Å². The fourth-order valence-corrected chi connectivity index (χ4v) is 5.29. The lowest BCUT2D eigenvalue weighted by Gasteiger charge is -2.43. The number of nitrogens with zero attached hydrogens (tertiary/aromatic N) is 3. The molecular weight excluding hydrogens is 385 g/mol. The summed E-state index contributed by atoms with van der Waals surface area (Å²) in [6, 6.07) is 8.95. The average Bonchev–Trinajstić information content (AvgIpc) is 3.53. The van der Waals surface area contributed by atoms with Crippen LogP contribution in [0.15, 0.2) is 35.1 Å². The molecule has 2 bridgehead atoms. The van der Waals surface area contributed by atoms with Gasteiger partial charge in [-0.3, -0.25) is 9.69 Å². The molecule has 0 amide bonds. The van der Waals surface area contributed by atoms with Crippen LogP contribution in [0.5, 0.6) is 5.75 Å². The van der Waals surface area contributed by atoms with Gasteiger partial charge in [0.05, 0.1) is 24.9 Å². The van der Waals surface area contributed by atoms with Crippen LogP contribution in [0.3, 0.4) is 0 Å². The van der Waals surface area contributed by atoms with Crippen molar-refractivity contribution in [1.82, 2.24) is 14.7 Å².